The molecule has 33 heavy (non-hydrogen) atoms. The van der Waals surface area contributed by atoms with Gasteiger partial charge in [0.05, 0.1) is 42.8 Å². The molecule has 3 N–H and O–H groups in total. The van der Waals surface area contributed by atoms with Crippen LogP contribution in [0.3, 0.4) is 0 Å². The summed E-state index contributed by atoms with van der Waals surface area (Å²) in [6, 6.07) is 2.31. The Labute approximate surface area is 198 Å². The summed E-state index contributed by atoms with van der Waals surface area (Å²) in [5, 5.41) is 16.1. The van der Waals surface area contributed by atoms with Gasteiger partial charge in [-0.1, -0.05) is 17.5 Å². The molecule has 174 valence electrons. The van der Waals surface area contributed by atoms with Gasteiger partial charge in [0.2, 0.25) is 16.0 Å². The van der Waals surface area contributed by atoms with E-state index in [4.69, 9.17) is 20.8 Å². The monoisotopic (exact) mass is 492 g/mol. The summed E-state index contributed by atoms with van der Waals surface area (Å²) in [6.07, 6.45) is 7.99. The molecule has 0 aliphatic heterocycles. The van der Waals surface area contributed by atoms with Crippen LogP contribution in [0.25, 0.3) is 10.9 Å². The van der Waals surface area contributed by atoms with Crippen molar-refractivity contribution >= 4 is 38.5 Å². The van der Waals surface area contributed by atoms with E-state index >= 15 is 0 Å². The van der Waals surface area contributed by atoms with Gasteiger partial charge in [0.15, 0.2) is 0 Å². The molecule has 1 atom stereocenters. The fraction of sp³-hybridized carbons (Fsp3) is 0.381. The first-order valence-corrected chi connectivity index (χ1v) is 11.8. The second-order valence-electron chi connectivity index (χ2n) is 8.12. The summed E-state index contributed by atoms with van der Waals surface area (Å²) in [4.78, 5) is 17.7. The van der Waals surface area contributed by atoms with Crippen molar-refractivity contribution < 1.29 is 16.3 Å². The molecule has 1 aromatic carbocycles. The fourth-order valence-corrected chi connectivity index (χ4v) is 4.97. The van der Waals surface area contributed by atoms with Gasteiger partial charge in [-0.05, 0) is 31.9 Å². The maximum Gasteiger partial charge on any atom is 0.263 e. The Hall–Kier alpha value is -2.91. The van der Waals surface area contributed by atoms with Gasteiger partial charge in [-0.25, -0.2) is 18.1 Å². The lowest BCUT2D eigenvalue weighted by molar-refractivity contribution is 0.245. The Morgan fingerprint density at radius 3 is 2.79 bits per heavy atom. The van der Waals surface area contributed by atoms with Crippen LogP contribution in [0.1, 0.15) is 28.1 Å². The minimum Gasteiger partial charge on any atom is -0.379 e. The lowest BCUT2D eigenvalue weighted by atomic mass is 10.2. The smallest absolute Gasteiger partial charge is 0.263 e. The zero-order valence-corrected chi connectivity index (χ0v) is 19.4. The molecule has 1 aliphatic rings. The van der Waals surface area contributed by atoms with Crippen molar-refractivity contribution in [3.63, 3.8) is 0 Å². The molecule has 2 heterocycles. The van der Waals surface area contributed by atoms with E-state index in [9.17, 15) is 18.3 Å². The number of rotatable bonds is 8. The summed E-state index contributed by atoms with van der Waals surface area (Å²) < 4.78 is 47.9. The van der Waals surface area contributed by atoms with Crippen LogP contribution < -0.4 is 15.6 Å². The summed E-state index contributed by atoms with van der Waals surface area (Å²) in [5.41, 5.74) is -1.44. The number of nitrogens with one attached hydrogen (secondary N) is 2. The zero-order chi connectivity index (χ0) is 25.8. The first-order chi connectivity index (χ1) is 16.3. The topological polar surface area (TPSA) is 131 Å². The van der Waals surface area contributed by atoms with E-state index in [-0.39, 0.29) is 38.9 Å². The Balaban J connectivity index is 1.95. The van der Waals surface area contributed by atoms with E-state index in [0.717, 1.165) is 10.6 Å². The molecule has 12 heteroatoms. The number of aryl methyl sites for hydroxylation is 1. The number of halogens is 1. The number of aliphatic hydroxyl groups excluding tert-OH is 1. The molecule has 1 fully saturated rings. The number of sulfonamides is 1. The van der Waals surface area contributed by atoms with Gasteiger partial charge in [0.1, 0.15) is 6.10 Å². The van der Waals surface area contributed by atoms with Crippen LogP contribution in [0, 0.1) is 12.3 Å². The highest BCUT2D eigenvalue weighted by Gasteiger charge is 2.41. The van der Waals surface area contributed by atoms with Gasteiger partial charge >= 0.3 is 0 Å². The second kappa shape index (κ2) is 8.46. The van der Waals surface area contributed by atoms with Crippen molar-refractivity contribution in [3.8, 4) is 12.3 Å². The van der Waals surface area contributed by atoms with Crippen LogP contribution in [0.4, 0.5) is 5.95 Å². The van der Waals surface area contributed by atoms with Crippen molar-refractivity contribution in [2.45, 2.75) is 42.8 Å². The molecule has 1 saturated carbocycles. The number of benzene rings is 1. The standard InChI is InChI=1S/C21H23ClN6O4S/c1-4-14(29)10-23-20-25-18-16(19(30)28(20)12-13-9-24-27(3)11-13)7-15(8-17(18)22)33(31,32)26-21(2)5-6-21/h1,7-9,11,14,26,29H,5-6,10,12H2,2-3H3,(H,23,25)/i12D2. The summed E-state index contributed by atoms with van der Waals surface area (Å²) in [6.45, 7) is -0.923. The molecular formula is C21H23ClN6O4S. The summed E-state index contributed by atoms with van der Waals surface area (Å²) in [7, 11) is -2.42. The van der Waals surface area contributed by atoms with Crippen LogP contribution in [-0.4, -0.2) is 51.0 Å². The first-order valence-electron chi connectivity index (χ1n) is 11.0. The van der Waals surface area contributed by atoms with E-state index in [0.29, 0.717) is 12.8 Å². The van der Waals surface area contributed by atoms with E-state index in [1.165, 1.54) is 23.1 Å². The van der Waals surface area contributed by atoms with Crippen molar-refractivity contribution in [1.29, 1.82) is 0 Å². The molecule has 0 bridgehead atoms. The Kier molecular flexibility index (Phi) is 5.30. The SMILES string of the molecule is [2H]C([2H])(c1cnn(C)c1)n1c(NCC(O)C#C)nc2c(Cl)cc(S(=O)(=O)NC3(C)CC3)cc2c1=O. The number of terminal acetylenes is 1. The molecular weight excluding hydrogens is 468 g/mol. The van der Waals surface area contributed by atoms with E-state index in [1.807, 2.05) is 0 Å². The highest BCUT2D eigenvalue weighted by Crippen LogP contribution is 2.36. The van der Waals surface area contributed by atoms with Gasteiger partial charge < -0.3 is 10.4 Å². The largest absolute Gasteiger partial charge is 0.379 e. The molecule has 10 nitrogen and oxygen atoms in total. The van der Waals surface area contributed by atoms with Crippen molar-refractivity contribution in [1.82, 2.24) is 24.1 Å². The lowest BCUT2D eigenvalue weighted by Crippen LogP contribution is -2.34. The summed E-state index contributed by atoms with van der Waals surface area (Å²) >= 11 is 6.36. The number of anilines is 1. The number of hydrogen-bond acceptors (Lipinski definition) is 7. The molecule has 4 rings (SSSR count). The third-order valence-corrected chi connectivity index (χ3v) is 7.09. The maximum atomic E-state index is 13.7. The third-order valence-electron chi connectivity index (χ3n) is 5.18. The normalized spacial score (nSPS) is 17.2. The molecule has 1 aliphatic carbocycles. The number of aliphatic hydroxyl groups is 1. The maximum absolute atomic E-state index is 13.7. The first kappa shape index (κ1) is 20.7. The molecule has 0 saturated heterocycles. The molecule has 3 aromatic rings. The minimum absolute atomic E-state index is 0.0378. The van der Waals surface area contributed by atoms with Crippen molar-refractivity contribution in [2.75, 3.05) is 11.9 Å². The van der Waals surface area contributed by atoms with Crippen LogP contribution in [0.2, 0.25) is 5.02 Å². The predicted molar refractivity (Wildman–Crippen MR) is 125 cm³/mol. The van der Waals surface area contributed by atoms with Crippen LogP contribution in [0.15, 0.2) is 34.2 Å². The van der Waals surface area contributed by atoms with Crippen LogP contribution in [-0.2, 0) is 23.6 Å². The van der Waals surface area contributed by atoms with Crippen LogP contribution in [0.5, 0.6) is 0 Å². The number of hydrogen-bond donors (Lipinski definition) is 3. The van der Waals surface area contributed by atoms with E-state index in [2.05, 4.69) is 26.0 Å². The third kappa shape index (κ3) is 4.89. The Morgan fingerprint density at radius 2 is 2.18 bits per heavy atom. The zero-order valence-electron chi connectivity index (χ0n) is 19.8. The van der Waals surface area contributed by atoms with Gasteiger partial charge in [0, 0.05) is 24.3 Å². The van der Waals surface area contributed by atoms with Crippen molar-refractivity contribution in [2.24, 2.45) is 7.05 Å². The molecule has 0 amide bonds. The average molecular weight is 493 g/mol. The average Bonchev–Trinajstić information content (AvgIpc) is 3.31. The lowest BCUT2D eigenvalue weighted by Gasteiger charge is -2.17. The van der Waals surface area contributed by atoms with Gasteiger partial charge in [0.25, 0.3) is 5.56 Å². The molecule has 0 spiro atoms. The number of fused-ring (bicyclic) bond motifs is 1. The molecule has 1 unspecified atom stereocenters. The molecule has 2 aromatic heterocycles. The quantitative estimate of drug-likeness (QED) is 0.401. The van der Waals surface area contributed by atoms with Crippen molar-refractivity contribution in [3.05, 3.63) is 45.5 Å². The van der Waals surface area contributed by atoms with Crippen LogP contribution >= 0.6 is 11.6 Å². The van der Waals surface area contributed by atoms with Gasteiger partial charge in [-0.3, -0.25) is 14.0 Å². The number of nitrogens with zero attached hydrogens (tertiary/aromatic N) is 4. The summed E-state index contributed by atoms with van der Waals surface area (Å²) in [5.74, 6) is 1.85. The Morgan fingerprint density at radius 1 is 1.45 bits per heavy atom. The highest BCUT2D eigenvalue weighted by molar-refractivity contribution is 7.89. The van der Waals surface area contributed by atoms with E-state index in [1.54, 1.807) is 14.0 Å². The second-order valence-corrected chi connectivity index (χ2v) is 10.2. The number of aromatic nitrogens is 4. The predicted octanol–water partition coefficient (Wildman–Crippen LogP) is 1.07. The van der Waals surface area contributed by atoms with Gasteiger partial charge in [-0.2, -0.15) is 5.10 Å². The molecule has 0 radical (unpaired) electrons. The van der Waals surface area contributed by atoms with E-state index < -0.39 is 33.7 Å². The highest BCUT2D eigenvalue weighted by atomic mass is 35.5. The fourth-order valence-electron chi connectivity index (χ4n) is 3.13. The Bertz CT molecular complexity index is 1530. The van der Waals surface area contributed by atoms with Gasteiger partial charge in [-0.15, -0.1) is 6.42 Å². The minimum atomic E-state index is -4.01.